The summed E-state index contributed by atoms with van der Waals surface area (Å²) in [6.45, 7) is 4.65. The molecule has 9 heteroatoms. The average molecular weight is 434 g/mol. The van der Waals surface area contributed by atoms with Crippen LogP contribution in [-0.2, 0) is 11.3 Å². The number of fused-ring (bicyclic) bond motifs is 1. The van der Waals surface area contributed by atoms with Crippen LogP contribution in [0.1, 0.15) is 19.3 Å². The van der Waals surface area contributed by atoms with Crippen LogP contribution in [0.2, 0.25) is 0 Å². The van der Waals surface area contributed by atoms with E-state index in [0.717, 1.165) is 24.7 Å². The molecule has 1 aromatic carbocycles. The molecule has 2 saturated heterocycles. The fraction of sp³-hybridized carbons (Fsp3) is 0.435. The lowest BCUT2D eigenvalue weighted by Gasteiger charge is -2.35. The Balaban J connectivity index is 1.19. The van der Waals surface area contributed by atoms with E-state index in [1.165, 1.54) is 30.2 Å². The number of hydrogen-bond donors (Lipinski definition) is 0. The fourth-order valence-corrected chi connectivity index (χ4v) is 4.43. The average Bonchev–Trinajstić information content (AvgIpc) is 2.86. The number of piperidine rings is 1. The molecule has 0 aliphatic carbocycles. The molecule has 0 N–H and O–H groups in total. The zero-order valence-electron chi connectivity index (χ0n) is 18.1. The summed E-state index contributed by atoms with van der Waals surface area (Å²) < 4.78 is 1.39. The van der Waals surface area contributed by atoms with Gasteiger partial charge in [0.2, 0.25) is 5.91 Å². The Morgan fingerprint density at radius 2 is 1.47 bits per heavy atom. The van der Waals surface area contributed by atoms with Gasteiger partial charge in [-0.25, -0.2) is 4.98 Å². The van der Waals surface area contributed by atoms with E-state index in [2.05, 4.69) is 25.0 Å². The highest BCUT2D eigenvalue weighted by Gasteiger charge is 2.23. The first-order chi connectivity index (χ1) is 15.7. The van der Waals surface area contributed by atoms with Crippen molar-refractivity contribution < 1.29 is 4.79 Å². The molecule has 5 rings (SSSR count). The predicted molar refractivity (Wildman–Crippen MR) is 123 cm³/mol. The first-order valence-corrected chi connectivity index (χ1v) is 11.2. The second kappa shape index (κ2) is 8.94. The number of anilines is 2. The van der Waals surface area contributed by atoms with Gasteiger partial charge in [-0.15, -0.1) is 10.2 Å². The van der Waals surface area contributed by atoms with E-state index in [1.807, 2.05) is 18.2 Å². The Morgan fingerprint density at radius 1 is 0.812 bits per heavy atom. The van der Waals surface area contributed by atoms with Crippen LogP contribution >= 0.6 is 0 Å². The molecule has 32 heavy (non-hydrogen) atoms. The fourth-order valence-electron chi connectivity index (χ4n) is 4.43. The standard InChI is InChI=1S/C23H27N7O2/c31-22(16-30-17-24-19-7-3-2-6-18(19)23(30)32)29-14-12-28(13-15-29)21-9-8-20(25-26-21)27-10-4-1-5-11-27/h2-3,6-9,17H,1,4-5,10-16H2. The van der Waals surface area contributed by atoms with Gasteiger partial charge in [0.25, 0.3) is 5.56 Å². The largest absolute Gasteiger partial charge is 0.355 e. The highest BCUT2D eigenvalue weighted by Crippen LogP contribution is 2.20. The molecule has 4 heterocycles. The van der Waals surface area contributed by atoms with Gasteiger partial charge < -0.3 is 14.7 Å². The number of amides is 1. The van der Waals surface area contributed by atoms with Crippen molar-refractivity contribution in [2.45, 2.75) is 25.8 Å². The Hall–Kier alpha value is -3.49. The Morgan fingerprint density at radius 3 is 2.16 bits per heavy atom. The summed E-state index contributed by atoms with van der Waals surface area (Å²) >= 11 is 0. The molecule has 0 radical (unpaired) electrons. The van der Waals surface area contributed by atoms with Crippen molar-refractivity contribution >= 4 is 28.4 Å². The summed E-state index contributed by atoms with van der Waals surface area (Å²) in [6, 6.07) is 11.2. The summed E-state index contributed by atoms with van der Waals surface area (Å²) in [4.78, 5) is 36.0. The van der Waals surface area contributed by atoms with Crippen LogP contribution in [-0.4, -0.2) is 69.8 Å². The summed E-state index contributed by atoms with van der Waals surface area (Å²) in [5.74, 6) is 1.71. The summed E-state index contributed by atoms with van der Waals surface area (Å²) in [7, 11) is 0. The molecule has 0 spiro atoms. The maximum Gasteiger partial charge on any atom is 0.261 e. The Labute approximate surface area is 186 Å². The lowest BCUT2D eigenvalue weighted by atomic mass is 10.1. The van der Waals surface area contributed by atoms with Crippen molar-refractivity contribution in [3.05, 3.63) is 53.1 Å². The van der Waals surface area contributed by atoms with Crippen molar-refractivity contribution in [2.75, 3.05) is 49.1 Å². The number of carbonyl (C=O) groups is 1. The smallest absolute Gasteiger partial charge is 0.261 e. The zero-order chi connectivity index (χ0) is 21.9. The molecule has 0 unspecified atom stereocenters. The number of carbonyl (C=O) groups excluding carboxylic acids is 1. The van der Waals surface area contributed by atoms with Crippen LogP contribution in [0.5, 0.6) is 0 Å². The Kier molecular flexibility index (Phi) is 5.70. The number of hydrogen-bond acceptors (Lipinski definition) is 7. The van der Waals surface area contributed by atoms with Gasteiger partial charge in [0.05, 0.1) is 17.2 Å². The molecule has 3 aromatic rings. The molecule has 2 aromatic heterocycles. The van der Waals surface area contributed by atoms with Gasteiger partial charge >= 0.3 is 0 Å². The summed E-state index contributed by atoms with van der Waals surface area (Å²) in [5, 5.41) is 9.39. The molecule has 0 atom stereocenters. The third-order valence-electron chi connectivity index (χ3n) is 6.31. The third-order valence-corrected chi connectivity index (χ3v) is 6.31. The van der Waals surface area contributed by atoms with Gasteiger partial charge in [0.1, 0.15) is 6.54 Å². The maximum absolute atomic E-state index is 12.8. The topological polar surface area (TPSA) is 87.5 Å². The number of para-hydroxylation sites is 1. The van der Waals surface area contributed by atoms with Crippen molar-refractivity contribution in [2.24, 2.45) is 0 Å². The second-order valence-electron chi connectivity index (χ2n) is 8.36. The van der Waals surface area contributed by atoms with Gasteiger partial charge in [-0.05, 0) is 43.5 Å². The molecule has 166 valence electrons. The second-order valence-corrected chi connectivity index (χ2v) is 8.36. The predicted octanol–water partition coefficient (Wildman–Crippen LogP) is 1.53. The minimum atomic E-state index is -0.188. The quantitative estimate of drug-likeness (QED) is 0.617. The summed E-state index contributed by atoms with van der Waals surface area (Å²) in [5.41, 5.74) is 0.453. The number of benzene rings is 1. The van der Waals surface area contributed by atoms with E-state index in [9.17, 15) is 9.59 Å². The van der Waals surface area contributed by atoms with Gasteiger partial charge in [0.15, 0.2) is 11.6 Å². The highest BCUT2D eigenvalue weighted by atomic mass is 16.2. The molecule has 0 saturated carbocycles. The van der Waals surface area contributed by atoms with E-state index in [4.69, 9.17) is 0 Å². The molecule has 9 nitrogen and oxygen atoms in total. The van der Waals surface area contributed by atoms with E-state index < -0.39 is 0 Å². The molecule has 1 amide bonds. The first kappa shape index (κ1) is 20.4. The SMILES string of the molecule is O=C(Cn1cnc2ccccc2c1=O)N1CCN(c2ccc(N3CCCCC3)nn2)CC1. The van der Waals surface area contributed by atoms with Crippen LogP contribution in [0.15, 0.2) is 47.5 Å². The van der Waals surface area contributed by atoms with Crippen LogP contribution < -0.4 is 15.4 Å². The lowest BCUT2D eigenvalue weighted by molar-refractivity contribution is -0.132. The molecular formula is C23H27N7O2. The number of aromatic nitrogens is 4. The van der Waals surface area contributed by atoms with Gasteiger partial charge in [-0.3, -0.25) is 14.2 Å². The number of rotatable bonds is 4. The van der Waals surface area contributed by atoms with Gasteiger partial charge in [-0.1, -0.05) is 12.1 Å². The molecule has 2 fully saturated rings. The van der Waals surface area contributed by atoms with Crippen molar-refractivity contribution in [1.29, 1.82) is 0 Å². The number of nitrogens with zero attached hydrogens (tertiary/aromatic N) is 7. The van der Waals surface area contributed by atoms with Gasteiger partial charge in [-0.2, -0.15) is 0 Å². The highest BCUT2D eigenvalue weighted by molar-refractivity contribution is 5.79. The van der Waals surface area contributed by atoms with E-state index >= 15 is 0 Å². The monoisotopic (exact) mass is 433 g/mol. The van der Waals surface area contributed by atoms with E-state index in [1.54, 1.807) is 23.1 Å². The first-order valence-electron chi connectivity index (χ1n) is 11.2. The van der Waals surface area contributed by atoms with Crippen LogP contribution in [0.4, 0.5) is 11.6 Å². The minimum absolute atomic E-state index is 0.000997. The molecule has 0 bridgehead atoms. The van der Waals surface area contributed by atoms with E-state index in [0.29, 0.717) is 37.1 Å². The lowest BCUT2D eigenvalue weighted by Crippen LogP contribution is -2.50. The summed E-state index contributed by atoms with van der Waals surface area (Å²) in [6.07, 6.45) is 5.16. The molecular weight excluding hydrogens is 406 g/mol. The normalized spacial score (nSPS) is 17.1. The number of piperazine rings is 1. The molecule has 2 aliphatic heterocycles. The van der Waals surface area contributed by atoms with Crippen LogP contribution in [0, 0.1) is 0 Å². The zero-order valence-corrected chi connectivity index (χ0v) is 18.1. The van der Waals surface area contributed by atoms with Crippen LogP contribution in [0.25, 0.3) is 10.9 Å². The maximum atomic E-state index is 12.8. The van der Waals surface area contributed by atoms with Gasteiger partial charge in [0, 0.05) is 39.3 Å². The Bertz CT molecular complexity index is 1150. The van der Waals surface area contributed by atoms with Crippen molar-refractivity contribution in [3.63, 3.8) is 0 Å². The molecule has 2 aliphatic rings. The minimum Gasteiger partial charge on any atom is -0.355 e. The van der Waals surface area contributed by atoms with Crippen molar-refractivity contribution in [3.8, 4) is 0 Å². The van der Waals surface area contributed by atoms with E-state index in [-0.39, 0.29) is 18.0 Å². The van der Waals surface area contributed by atoms with Crippen LogP contribution in [0.3, 0.4) is 0 Å². The van der Waals surface area contributed by atoms with Crippen molar-refractivity contribution in [1.82, 2.24) is 24.6 Å². The third kappa shape index (κ3) is 4.15.